The van der Waals surface area contributed by atoms with E-state index in [1.807, 2.05) is 13.0 Å². The van der Waals surface area contributed by atoms with Crippen molar-refractivity contribution in [2.75, 3.05) is 0 Å². The molecular formula is C24H20N2O5. The molecule has 3 aromatic rings. The Kier molecular flexibility index (Phi) is 6.57. The van der Waals surface area contributed by atoms with Crippen LogP contribution < -0.4 is 0 Å². The number of carbonyl (C=O) groups is 2. The second-order valence-electron chi connectivity index (χ2n) is 6.70. The first kappa shape index (κ1) is 21.4. The quantitative estimate of drug-likeness (QED) is 0.236. The number of aromatic hydroxyl groups is 2. The average Bonchev–Trinajstić information content (AvgIpc) is 2.77. The van der Waals surface area contributed by atoms with Gasteiger partial charge in [0.05, 0.1) is 11.3 Å². The topological polar surface area (TPSA) is 109 Å². The van der Waals surface area contributed by atoms with Crippen LogP contribution in [0.3, 0.4) is 0 Å². The molecule has 0 bridgehead atoms. The predicted octanol–water partition coefficient (Wildman–Crippen LogP) is 5.28. The highest BCUT2D eigenvalue weighted by molar-refractivity contribution is 6.11. The molecule has 0 aromatic heterocycles. The molecule has 0 heterocycles. The monoisotopic (exact) mass is 416 g/mol. The van der Waals surface area contributed by atoms with E-state index in [1.165, 1.54) is 6.07 Å². The SMILES string of the molecule is C=CC(=O)OCc1cc(C)ccc1N=Nc1cc(C(=O)c2ccccc2)c(O)cc1O. The van der Waals surface area contributed by atoms with Crippen LogP contribution in [-0.4, -0.2) is 22.0 Å². The Bertz CT molecular complexity index is 1170. The fourth-order valence-electron chi connectivity index (χ4n) is 2.82. The van der Waals surface area contributed by atoms with Crippen molar-refractivity contribution in [3.05, 3.63) is 95.6 Å². The number of rotatable bonds is 7. The molecule has 0 aliphatic carbocycles. The number of phenolic OH excluding ortho intramolecular Hbond substituents is 2. The Morgan fingerprint density at radius 1 is 0.968 bits per heavy atom. The third kappa shape index (κ3) is 5.22. The number of hydrogen-bond donors (Lipinski definition) is 2. The van der Waals surface area contributed by atoms with Crippen LogP contribution in [0, 0.1) is 6.92 Å². The number of ether oxygens (including phenoxy) is 1. The van der Waals surface area contributed by atoms with Crippen molar-refractivity contribution in [1.82, 2.24) is 0 Å². The molecule has 2 N–H and O–H groups in total. The van der Waals surface area contributed by atoms with Gasteiger partial charge in [-0.1, -0.05) is 54.6 Å². The Morgan fingerprint density at radius 2 is 1.68 bits per heavy atom. The number of benzene rings is 3. The lowest BCUT2D eigenvalue weighted by Gasteiger charge is -2.08. The minimum atomic E-state index is -0.565. The van der Waals surface area contributed by atoms with Gasteiger partial charge in [-0.2, -0.15) is 5.11 Å². The molecular weight excluding hydrogens is 396 g/mol. The number of azo groups is 1. The summed E-state index contributed by atoms with van der Waals surface area (Å²) in [6.07, 6.45) is 1.07. The molecule has 0 radical (unpaired) electrons. The Balaban J connectivity index is 1.93. The Labute approximate surface area is 179 Å². The van der Waals surface area contributed by atoms with Crippen LogP contribution in [0.4, 0.5) is 11.4 Å². The molecule has 0 saturated carbocycles. The van der Waals surface area contributed by atoms with Crippen molar-refractivity contribution >= 4 is 23.1 Å². The van der Waals surface area contributed by atoms with Gasteiger partial charge in [0.15, 0.2) is 5.78 Å². The largest absolute Gasteiger partial charge is 0.507 e. The van der Waals surface area contributed by atoms with Gasteiger partial charge in [-0.3, -0.25) is 4.79 Å². The molecule has 0 unspecified atom stereocenters. The van der Waals surface area contributed by atoms with Gasteiger partial charge in [0.1, 0.15) is 23.8 Å². The van der Waals surface area contributed by atoms with Crippen molar-refractivity contribution in [3.63, 3.8) is 0 Å². The third-order valence-electron chi connectivity index (χ3n) is 4.41. The Morgan fingerprint density at radius 3 is 2.39 bits per heavy atom. The average molecular weight is 416 g/mol. The van der Waals surface area contributed by atoms with Gasteiger partial charge < -0.3 is 14.9 Å². The molecule has 7 nitrogen and oxygen atoms in total. The highest BCUT2D eigenvalue weighted by Crippen LogP contribution is 2.36. The molecule has 0 aliphatic heterocycles. The molecule has 3 rings (SSSR count). The van der Waals surface area contributed by atoms with Gasteiger partial charge in [-0.25, -0.2) is 4.79 Å². The highest BCUT2D eigenvalue weighted by atomic mass is 16.5. The summed E-state index contributed by atoms with van der Waals surface area (Å²) in [4.78, 5) is 24.1. The summed E-state index contributed by atoms with van der Waals surface area (Å²) >= 11 is 0. The summed E-state index contributed by atoms with van der Waals surface area (Å²) in [5.74, 6) is -1.68. The second-order valence-corrected chi connectivity index (χ2v) is 6.70. The standard InChI is InChI=1S/C24H20N2O5/c1-3-23(29)31-14-17-11-15(2)9-10-19(17)25-26-20-12-18(21(27)13-22(20)28)24(30)16-7-5-4-6-8-16/h3-13,27-28H,1,14H2,2H3. The maximum absolute atomic E-state index is 12.7. The number of nitrogens with zero attached hydrogens (tertiary/aromatic N) is 2. The summed E-state index contributed by atoms with van der Waals surface area (Å²) in [7, 11) is 0. The van der Waals surface area contributed by atoms with Crippen LogP contribution in [0.25, 0.3) is 0 Å². The van der Waals surface area contributed by atoms with Crippen molar-refractivity contribution in [1.29, 1.82) is 0 Å². The minimum Gasteiger partial charge on any atom is -0.507 e. The normalized spacial score (nSPS) is 10.7. The summed E-state index contributed by atoms with van der Waals surface area (Å²) in [6.45, 7) is 5.21. The summed E-state index contributed by atoms with van der Waals surface area (Å²) in [5.41, 5.74) is 2.35. The van der Waals surface area contributed by atoms with Gasteiger partial charge in [-0.15, -0.1) is 5.11 Å². The van der Waals surface area contributed by atoms with Crippen LogP contribution in [0.1, 0.15) is 27.0 Å². The zero-order valence-electron chi connectivity index (χ0n) is 16.8. The number of esters is 1. The van der Waals surface area contributed by atoms with Crippen LogP contribution in [-0.2, 0) is 16.1 Å². The highest BCUT2D eigenvalue weighted by Gasteiger charge is 2.17. The number of hydrogen-bond acceptors (Lipinski definition) is 7. The molecule has 0 saturated heterocycles. The Hall–Kier alpha value is -4.26. The number of ketones is 1. The van der Waals surface area contributed by atoms with Crippen LogP contribution in [0.2, 0.25) is 0 Å². The number of carbonyl (C=O) groups excluding carboxylic acids is 2. The first-order chi connectivity index (χ1) is 14.9. The molecule has 7 heteroatoms. The fourth-order valence-corrected chi connectivity index (χ4v) is 2.82. The lowest BCUT2D eigenvalue weighted by molar-refractivity contribution is -0.138. The molecule has 31 heavy (non-hydrogen) atoms. The number of aryl methyl sites for hydroxylation is 1. The second kappa shape index (κ2) is 9.49. The maximum Gasteiger partial charge on any atom is 0.330 e. The van der Waals surface area contributed by atoms with Gasteiger partial charge >= 0.3 is 5.97 Å². The van der Waals surface area contributed by atoms with E-state index in [2.05, 4.69) is 16.8 Å². The third-order valence-corrected chi connectivity index (χ3v) is 4.41. The van der Waals surface area contributed by atoms with E-state index in [4.69, 9.17) is 4.74 Å². The molecule has 0 atom stereocenters. The molecule has 0 amide bonds. The van der Waals surface area contributed by atoms with Gasteiger partial charge in [0.25, 0.3) is 0 Å². The van der Waals surface area contributed by atoms with Crippen molar-refractivity contribution in [2.45, 2.75) is 13.5 Å². The van der Waals surface area contributed by atoms with E-state index < -0.39 is 11.8 Å². The minimum absolute atomic E-state index is 0.00620. The van der Waals surface area contributed by atoms with Gasteiger partial charge in [0.2, 0.25) is 0 Å². The van der Waals surface area contributed by atoms with E-state index in [0.29, 0.717) is 16.8 Å². The smallest absolute Gasteiger partial charge is 0.330 e. The van der Waals surface area contributed by atoms with E-state index in [1.54, 1.807) is 42.5 Å². The van der Waals surface area contributed by atoms with Crippen molar-refractivity contribution < 1.29 is 24.5 Å². The van der Waals surface area contributed by atoms with Crippen LogP contribution in [0.5, 0.6) is 11.5 Å². The molecule has 156 valence electrons. The van der Waals surface area contributed by atoms with Crippen LogP contribution >= 0.6 is 0 Å². The van der Waals surface area contributed by atoms with Gasteiger partial charge in [0, 0.05) is 23.3 Å². The van der Waals surface area contributed by atoms with E-state index in [0.717, 1.165) is 17.7 Å². The first-order valence-electron chi connectivity index (χ1n) is 9.35. The lowest BCUT2D eigenvalue weighted by atomic mass is 10.0. The zero-order chi connectivity index (χ0) is 22.4. The van der Waals surface area contributed by atoms with E-state index in [9.17, 15) is 19.8 Å². The molecule has 0 spiro atoms. The first-order valence-corrected chi connectivity index (χ1v) is 9.35. The molecule has 0 aliphatic rings. The van der Waals surface area contributed by atoms with Crippen molar-refractivity contribution in [3.8, 4) is 11.5 Å². The number of phenols is 2. The van der Waals surface area contributed by atoms with E-state index in [-0.39, 0.29) is 29.4 Å². The summed E-state index contributed by atoms with van der Waals surface area (Å²) in [5, 5.41) is 28.5. The lowest BCUT2D eigenvalue weighted by Crippen LogP contribution is -2.01. The van der Waals surface area contributed by atoms with Gasteiger partial charge in [-0.05, 0) is 19.1 Å². The van der Waals surface area contributed by atoms with Crippen LogP contribution in [0.15, 0.2) is 83.5 Å². The summed E-state index contributed by atoms with van der Waals surface area (Å²) in [6, 6.07) is 16.1. The molecule has 3 aromatic carbocycles. The molecule has 0 fully saturated rings. The van der Waals surface area contributed by atoms with E-state index >= 15 is 0 Å². The predicted molar refractivity (Wildman–Crippen MR) is 115 cm³/mol. The van der Waals surface area contributed by atoms with Crippen molar-refractivity contribution in [2.24, 2.45) is 10.2 Å². The fraction of sp³-hybridized carbons (Fsp3) is 0.0833. The maximum atomic E-state index is 12.7. The zero-order valence-corrected chi connectivity index (χ0v) is 16.8. The summed E-state index contributed by atoms with van der Waals surface area (Å²) < 4.78 is 5.08.